The number of unbranched alkanes of at least 4 members (excludes halogenated alkanes) is 4. The van der Waals surface area contributed by atoms with Crippen molar-refractivity contribution < 1.29 is 26.4 Å². The van der Waals surface area contributed by atoms with Crippen LogP contribution in [0.15, 0.2) is 58.3 Å². The summed E-state index contributed by atoms with van der Waals surface area (Å²) in [4.78, 5) is 25.3. The van der Waals surface area contributed by atoms with E-state index in [0.717, 1.165) is 83.5 Å². The zero-order chi connectivity index (χ0) is 32.1. The Kier molecular flexibility index (Phi) is 13.4. The zero-order valence-electron chi connectivity index (χ0n) is 26.2. The summed E-state index contributed by atoms with van der Waals surface area (Å²) in [7, 11) is -7.03. The van der Waals surface area contributed by atoms with Crippen molar-refractivity contribution in [2.75, 3.05) is 36.8 Å². The predicted molar refractivity (Wildman–Crippen MR) is 177 cm³/mol. The fourth-order valence-electron chi connectivity index (χ4n) is 5.83. The highest BCUT2D eigenvalue weighted by atomic mass is 32.2. The minimum absolute atomic E-state index is 0.109. The van der Waals surface area contributed by atoms with Crippen LogP contribution >= 0.6 is 0 Å². The summed E-state index contributed by atoms with van der Waals surface area (Å²) in [5, 5.41) is 5.69. The van der Waals surface area contributed by atoms with Crippen molar-refractivity contribution in [3.63, 3.8) is 0 Å². The molecular formula is C33H48N4O6S2. The molecule has 0 unspecified atom stereocenters. The van der Waals surface area contributed by atoms with Gasteiger partial charge in [-0.25, -0.2) is 16.8 Å². The van der Waals surface area contributed by atoms with E-state index in [-0.39, 0.29) is 21.6 Å². The van der Waals surface area contributed by atoms with Gasteiger partial charge in [0.15, 0.2) is 0 Å². The normalized spacial score (nSPS) is 17.2. The number of carbonyl (C=O) groups excluding carboxylic acids is 2. The number of anilines is 2. The molecule has 2 aromatic carbocycles. The number of hydrogen-bond donors (Lipinski definition) is 2. The number of rotatable bonds is 14. The first kappa shape index (κ1) is 35.1. The number of hydrogen-bond acceptors (Lipinski definition) is 6. The van der Waals surface area contributed by atoms with Gasteiger partial charge in [0.25, 0.3) is 0 Å². The molecule has 0 aliphatic carbocycles. The predicted octanol–water partition coefficient (Wildman–Crippen LogP) is 6.12. The Morgan fingerprint density at radius 1 is 0.489 bits per heavy atom. The van der Waals surface area contributed by atoms with Crippen molar-refractivity contribution in [1.29, 1.82) is 0 Å². The van der Waals surface area contributed by atoms with Crippen LogP contribution in [-0.2, 0) is 29.6 Å². The maximum absolute atomic E-state index is 12.9. The Balaban J connectivity index is 1.08. The van der Waals surface area contributed by atoms with Gasteiger partial charge in [-0.05, 0) is 87.1 Å². The molecule has 12 heteroatoms. The number of sulfonamides is 2. The smallest absolute Gasteiger partial charge is 0.243 e. The van der Waals surface area contributed by atoms with Gasteiger partial charge in [-0.3, -0.25) is 9.59 Å². The van der Waals surface area contributed by atoms with Crippen LogP contribution in [0, 0.1) is 0 Å². The molecule has 0 atom stereocenters. The average Bonchev–Trinajstić information content (AvgIpc) is 3.48. The molecule has 45 heavy (non-hydrogen) atoms. The Hall–Kier alpha value is -2.80. The van der Waals surface area contributed by atoms with Crippen LogP contribution in [0.2, 0.25) is 0 Å². The Morgan fingerprint density at radius 2 is 0.800 bits per heavy atom. The quantitative estimate of drug-likeness (QED) is 0.235. The molecule has 0 spiro atoms. The van der Waals surface area contributed by atoms with Crippen LogP contribution in [0.1, 0.15) is 96.3 Å². The van der Waals surface area contributed by atoms with Gasteiger partial charge in [0.2, 0.25) is 31.9 Å². The molecule has 0 bridgehead atoms. The lowest BCUT2D eigenvalue weighted by molar-refractivity contribution is -0.117. The molecule has 248 valence electrons. The summed E-state index contributed by atoms with van der Waals surface area (Å²) >= 11 is 0. The molecular weight excluding hydrogens is 613 g/mol. The first-order valence-corrected chi connectivity index (χ1v) is 19.3. The highest BCUT2D eigenvalue weighted by molar-refractivity contribution is 7.89. The zero-order valence-corrected chi connectivity index (χ0v) is 27.8. The van der Waals surface area contributed by atoms with E-state index in [1.54, 1.807) is 57.1 Å². The van der Waals surface area contributed by atoms with E-state index in [4.69, 9.17) is 0 Å². The summed E-state index contributed by atoms with van der Waals surface area (Å²) in [5.74, 6) is -0.217. The summed E-state index contributed by atoms with van der Waals surface area (Å²) in [6.45, 7) is 2.21. The standard InChI is InChI=1S/C33H48N4O6S2/c38-32(34-28-16-20-30(21-17-28)44(40,41)36-24-10-4-5-11-25-36)14-8-2-1-3-9-15-33(39)35-29-18-22-31(23-19-29)45(42,43)37-26-12-6-7-13-27-37/h16-23H,1-15,24-27H2,(H,34,38)(H,35,39). The lowest BCUT2D eigenvalue weighted by Crippen LogP contribution is -2.31. The highest BCUT2D eigenvalue weighted by Gasteiger charge is 2.26. The third-order valence-electron chi connectivity index (χ3n) is 8.49. The van der Waals surface area contributed by atoms with Gasteiger partial charge >= 0.3 is 0 Å². The molecule has 10 nitrogen and oxygen atoms in total. The first-order chi connectivity index (χ1) is 21.7. The first-order valence-electron chi connectivity index (χ1n) is 16.5. The van der Waals surface area contributed by atoms with E-state index in [2.05, 4.69) is 10.6 Å². The van der Waals surface area contributed by atoms with Crippen LogP contribution in [0.5, 0.6) is 0 Å². The molecule has 0 saturated carbocycles. The molecule has 2 saturated heterocycles. The van der Waals surface area contributed by atoms with E-state index in [9.17, 15) is 26.4 Å². The summed E-state index contributed by atoms with van der Waals surface area (Å²) in [5.41, 5.74) is 1.16. The van der Waals surface area contributed by atoms with Crippen LogP contribution in [-0.4, -0.2) is 63.4 Å². The number of carbonyl (C=O) groups is 2. The Labute approximate surface area is 269 Å². The minimum atomic E-state index is -3.51. The molecule has 2 aromatic rings. The lowest BCUT2D eigenvalue weighted by Gasteiger charge is -2.20. The van der Waals surface area contributed by atoms with Gasteiger partial charge in [-0.15, -0.1) is 0 Å². The van der Waals surface area contributed by atoms with E-state index >= 15 is 0 Å². The second kappa shape index (κ2) is 17.2. The van der Waals surface area contributed by atoms with Gasteiger partial charge in [-0.2, -0.15) is 8.61 Å². The molecule has 2 fully saturated rings. The van der Waals surface area contributed by atoms with Gasteiger partial charge in [0.1, 0.15) is 0 Å². The van der Waals surface area contributed by atoms with Crippen molar-refractivity contribution in [2.45, 2.75) is 106 Å². The van der Waals surface area contributed by atoms with Crippen LogP contribution in [0.4, 0.5) is 11.4 Å². The largest absolute Gasteiger partial charge is 0.326 e. The molecule has 2 N–H and O–H groups in total. The van der Waals surface area contributed by atoms with E-state index in [1.165, 1.54) is 0 Å². The summed E-state index contributed by atoms with van der Waals surface area (Å²) in [6.07, 6.45) is 12.6. The SMILES string of the molecule is O=C(CCCCCCCC(=O)Nc1ccc(S(=O)(=O)N2CCCCCC2)cc1)Nc1ccc(S(=O)(=O)N2CCCCCC2)cc1. The number of benzene rings is 2. The maximum Gasteiger partial charge on any atom is 0.243 e. The second-order valence-corrected chi connectivity index (χ2v) is 15.9. The minimum Gasteiger partial charge on any atom is -0.326 e. The molecule has 0 radical (unpaired) electrons. The Bertz CT molecular complexity index is 1330. The van der Waals surface area contributed by atoms with Crippen molar-refractivity contribution in [3.8, 4) is 0 Å². The third-order valence-corrected chi connectivity index (χ3v) is 12.3. The second-order valence-electron chi connectivity index (χ2n) is 12.0. The summed E-state index contributed by atoms with van der Waals surface area (Å²) in [6, 6.07) is 12.8. The van der Waals surface area contributed by atoms with E-state index in [0.29, 0.717) is 50.4 Å². The monoisotopic (exact) mass is 660 g/mol. The molecule has 2 amide bonds. The summed E-state index contributed by atoms with van der Waals surface area (Å²) < 4.78 is 54.9. The Morgan fingerprint density at radius 3 is 1.13 bits per heavy atom. The lowest BCUT2D eigenvalue weighted by atomic mass is 10.1. The van der Waals surface area contributed by atoms with Crippen molar-refractivity contribution >= 4 is 43.2 Å². The highest BCUT2D eigenvalue weighted by Crippen LogP contribution is 2.23. The van der Waals surface area contributed by atoms with E-state index < -0.39 is 20.0 Å². The third kappa shape index (κ3) is 10.6. The fraction of sp³-hybridized carbons (Fsp3) is 0.576. The van der Waals surface area contributed by atoms with Crippen molar-refractivity contribution in [2.24, 2.45) is 0 Å². The number of nitrogens with zero attached hydrogens (tertiary/aromatic N) is 2. The number of amides is 2. The molecule has 2 heterocycles. The molecule has 2 aliphatic heterocycles. The molecule has 2 aliphatic rings. The van der Waals surface area contributed by atoms with Crippen LogP contribution < -0.4 is 10.6 Å². The van der Waals surface area contributed by atoms with E-state index in [1.807, 2.05) is 0 Å². The van der Waals surface area contributed by atoms with Gasteiger partial charge in [0, 0.05) is 50.4 Å². The maximum atomic E-state index is 12.9. The average molecular weight is 661 g/mol. The fourth-order valence-corrected chi connectivity index (χ4v) is 8.87. The van der Waals surface area contributed by atoms with Crippen LogP contribution in [0.25, 0.3) is 0 Å². The van der Waals surface area contributed by atoms with Crippen molar-refractivity contribution in [1.82, 2.24) is 8.61 Å². The van der Waals surface area contributed by atoms with Crippen molar-refractivity contribution in [3.05, 3.63) is 48.5 Å². The van der Waals surface area contributed by atoms with Gasteiger partial charge < -0.3 is 10.6 Å². The molecule has 4 rings (SSSR count). The van der Waals surface area contributed by atoms with Gasteiger partial charge in [0.05, 0.1) is 9.79 Å². The molecule has 0 aromatic heterocycles. The van der Waals surface area contributed by atoms with Gasteiger partial charge in [-0.1, -0.05) is 44.9 Å². The van der Waals surface area contributed by atoms with Crippen LogP contribution in [0.3, 0.4) is 0 Å². The topological polar surface area (TPSA) is 133 Å². The number of nitrogens with one attached hydrogen (secondary N) is 2.